The number of imide groups is 1. The normalized spacial score (nSPS) is 14.7. The molecule has 34 heavy (non-hydrogen) atoms. The van der Waals surface area contributed by atoms with Gasteiger partial charge in [-0.3, -0.25) is 0 Å². The van der Waals surface area contributed by atoms with Gasteiger partial charge in [-0.2, -0.15) is 0 Å². The summed E-state index contributed by atoms with van der Waals surface area (Å²) in [4.78, 5) is 30.0. The predicted octanol–water partition coefficient (Wildman–Crippen LogP) is 6.64. The van der Waals surface area contributed by atoms with E-state index in [9.17, 15) is 9.59 Å². The van der Waals surface area contributed by atoms with Crippen LogP contribution in [0.15, 0.2) is 48.5 Å². The molecule has 6 heteroatoms. The molecule has 0 aromatic heterocycles. The van der Waals surface area contributed by atoms with Gasteiger partial charge in [0.1, 0.15) is 0 Å². The first-order valence-corrected chi connectivity index (χ1v) is 12.8. The smallest absolute Gasteiger partial charge is 0.418 e. The summed E-state index contributed by atoms with van der Waals surface area (Å²) in [6.45, 7) is 8.56. The van der Waals surface area contributed by atoms with E-state index in [1.807, 2.05) is 36.4 Å². The predicted molar refractivity (Wildman–Crippen MR) is 139 cm³/mol. The molecule has 0 fully saturated rings. The molecule has 0 heterocycles. The Hall–Kier alpha value is -3.02. The molecule has 0 saturated heterocycles. The number of carbonyl (C=O) groups is 2. The molecule has 184 valence electrons. The summed E-state index contributed by atoms with van der Waals surface area (Å²) in [5.74, 6) is 0. The van der Waals surface area contributed by atoms with Crippen molar-refractivity contribution in [2.75, 3.05) is 29.9 Å². The third-order valence-corrected chi connectivity index (χ3v) is 6.57. The monoisotopic (exact) mass is 465 g/mol. The minimum absolute atomic E-state index is 0.229. The van der Waals surface area contributed by atoms with Gasteiger partial charge in [0.15, 0.2) is 0 Å². The van der Waals surface area contributed by atoms with Gasteiger partial charge in [0.2, 0.25) is 0 Å². The molecule has 2 aromatic carbocycles. The Balaban J connectivity index is 1.72. The second kappa shape index (κ2) is 13.0. The number of rotatable bonds is 10. The van der Waals surface area contributed by atoms with Crippen molar-refractivity contribution in [1.82, 2.24) is 4.90 Å². The van der Waals surface area contributed by atoms with E-state index < -0.39 is 12.1 Å². The van der Waals surface area contributed by atoms with Crippen LogP contribution in [-0.2, 0) is 17.6 Å². The second-order valence-corrected chi connectivity index (χ2v) is 8.86. The molecule has 1 unspecified atom stereocenters. The van der Waals surface area contributed by atoms with Crippen LogP contribution in [-0.4, -0.2) is 42.8 Å². The zero-order valence-electron chi connectivity index (χ0n) is 20.9. The van der Waals surface area contributed by atoms with Gasteiger partial charge in [-0.1, -0.05) is 50.5 Å². The Morgan fingerprint density at radius 2 is 1.65 bits per heavy atom. The van der Waals surface area contributed by atoms with Crippen molar-refractivity contribution in [3.8, 4) is 0 Å². The second-order valence-electron chi connectivity index (χ2n) is 8.86. The molecule has 2 aromatic rings. The lowest BCUT2D eigenvalue weighted by atomic mass is 9.88. The van der Waals surface area contributed by atoms with E-state index in [2.05, 4.69) is 43.1 Å². The van der Waals surface area contributed by atoms with Crippen molar-refractivity contribution < 1.29 is 14.3 Å². The molecular formula is C28H39N3O3. The first-order chi connectivity index (χ1) is 16.6. The Kier molecular flexibility index (Phi) is 9.80. The molecule has 1 aliphatic rings. The number of nitrogens with one attached hydrogen (secondary N) is 1. The molecule has 3 amide bonds. The molecule has 6 nitrogen and oxygen atoms in total. The van der Waals surface area contributed by atoms with Crippen LogP contribution in [0, 0.1) is 0 Å². The summed E-state index contributed by atoms with van der Waals surface area (Å²) in [7, 11) is 0. The Bertz CT molecular complexity index is 925. The first kappa shape index (κ1) is 25.6. The van der Waals surface area contributed by atoms with Gasteiger partial charge in [0, 0.05) is 30.5 Å². The van der Waals surface area contributed by atoms with Gasteiger partial charge < -0.3 is 15.0 Å². The lowest BCUT2D eigenvalue weighted by molar-refractivity contribution is 0.0958. The van der Waals surface area contributed by atoms with Crippen molar-refractivity contribution >= 4 is 23.5 Å². The number of hydrogen-bond donors (Lipinski definition) is 1. The highest BCUT2D eigenvalue weighted by atomic mass is 16.6. The van der Waals surface area contributed by atoms with E-state index >= 15 is 0 Å². The topological polar surface area (TPSA) is 61.9 Å². The zero-order chi connectivity index (χ0) is 24.3. The molecule has 0 saturated carbocycles. The summed E-state index contributed by atoms with van der Waals surface area (Å²) in [6, 6.07) is 15.4. The van der Waals surface area contributed by atoms with Crippen LogP contribution in [0.2, 0.25) is 0 Å². The lowest BCUT2D eigenvalue weighted by Gasteiger charge is -2.33. The number of benzene rings is 2. The standard InChI is InChI=1S/C28H39N3O3/c1-4-7-8-11-20-34-28(33)31(26-17-14-22-12-9-10-13-23(22)21-26)27(32)29-24-15-18-25(19-16-24)30(5-2)6-3/h9-10,12-13,15-16,18-19,26H,4-8,11,14,17,20-21H2,1-3H3,(H,29,32). The number of amides is 3. The molecule has 0 aliphatic heterocycles. The van der Waals surface area contributed by atoms with Crippen LogP contribution in [0.5, 0.6) is 0 Å². The number of carbonyl (C=O) groups excluding carboxylic acids is 2. The van der Waals surface area contributed by atoms with Crippen LogP contribution in [0.1, 0.15) is 64.0 Å². The van der Waals surface area contributed by atoms with Crippen molar-refractivity contribution in [3.63, 3.8) is 0 Å². The molecule has 3 rings (SSSR count). The van der Waals surface area contributed by atoms with Crippen molar-refractivity contribution in [2.45, 2.75) is 71.8 Å². The highest BCUT2D eigenvalue weighted by Crippen LogP contribution is 2.26. The number of unbranched alkanes of at least 4 members (excludes halogenated alkanes) is 3. The summed E-state index contributed by atoms with van der Waals surface area (Å²) in [5.41, 5.74) is 4.25. The van der Waals surface area contributed by atoms with Crippen molar-refractivity contribution in [3.05, 3.63) is 59.7 Å². The van der Waals surface area contributed by atoms with Gasteiger partial charge in [-0.05, 0) is 74.9 Å². The molecule has 1 atom stereocenters. The van der Waals surface area contributed by atoms with E-state index in [4.69, 9.17) is 4.74 Å². The number of hydrogen-bond acceptors (Lipinski definition) is 4. The molecule has 0 bridgehead atoms. The highest BCUT2D eigenvalue weighted by Gasteiger charge is 2.33. The summed E-state index contributed by atoms with van der Waals surface area (Å²) < 4.78 is 5.55. The fraction of sp³-hybridized carbons (Fsp3) is 0.500. The maximum absolute atomic E-state index is 13.3. The van der Waals surface area contributed by atoms with Gasteiger partial charge in [0.25, 0.3) is 0 Å². The first-order valence-electron chi connectivity index (χ1n) is 12.8. The number of urea groups is 1. The molecular weight excluding hydrogens is 426 g/mol. The minimum atomic E-state index is -0.557. The number of nitrogens with zero attached hydrogens (tertiary/aromatic N) is 2. The van der Waals surface area contributed by atoms with Crippen LogP contribution in [0.25, 0.3) is 0 Å². The van der Waals surface area contributed by atoms with E-state index in [1.54, 1.807) is 0 Å². The summed E-state index contributed by atoms with van der Waals surface area (Å²) in [6.07, 6.45) is 5.74. The molecule has 0 radical (unpaired) electrons. The van der Waals surface area contributed by atoms with Gasteiger partial charge in [-0.15, -0.1) is 0 Å². The Morgan fingerprint density at radius 3 is 2.32 bits per heavy atom. The van der Waals surface area contributed by atoms with Crippen LogP contribution in [0.3, 0.4) is 0 Å². The molecule has 1 aliphatic carbocycles. The lowest BCUT2D eigenvalue weighted by Crippen LogP contribution is -2.49. The van der Waals surface area contributed by atoms with Crippen LogP contribution < -0.4 is 10.2 Å². The maximum atomic E-state index is 13.3. The number of anilines is 2. The van der Waals surface area contributed by atoms with E-state index in [0.29, 0.717) is 18.7 Å². The zero-order valence-corrected chi connectivity index (χ0v) is 20.9. The van der Waals surface area contributed by atoms with E-state index in [-0.39, 0.29) is 6.04 Å². The van der Waals surface area contributed by atoms with Gasteiger partial charge >= 0.3 is 12.1 Å². The number of fused-ring (bicyclic) bond motifs is 1. The molecule has 1 N–H and O–H groups in total. The Morgan fingerprint density at radius 1 is 0.941 bits per heavy atom. The van der Waals surface area contributed by atoms with Gasteiger partial charge in [0.05, 0.1) is 6.61 Å². The van der Waals surface area contributed by atoms with E-state index in [1.165, 1.54) is 16.0 Å². The quantitative estimate of drug-likeness (QED) is 0.400. The fourth-order valence-corrected chi connectivity index (χ4v) is 4.58. The average Bonchev–Trinajstić information content (AvgIpc) is 2.85. The maximum Gasteiger partial charge on any atom is 0.418 e. The minimum Gasteiger partial charge on any atom is -0.449 e. The van der Waals surface area contributed by atoms with E-state index in [0.717, 1.165) is 57.3 Å². The average molecular weight is 466 g/mol. The SMILES string of the molecule is CCCCCCOC(=O)N(C(=O)Nc1ccc(N(CC)CC)cc1)C1CCc2ccccc2C1. The van der Waals surface area contributed by atoms with Crippen molar-refractivity contribution in [1.29, 1.82) is 0 Å². The third kappa shape index (κ3) is 6.75. The third-order valence-electron chi connectivity index (χ3n) is 6.57. The van der Waals surface area contributed by atoms with Crippen LogP contribution >= 0.6 is 0 Å². The highest BCUT2D eigenvalue weighted by molar-refractivity contribution is 5.99. The number of ether oxygens (including phenoxy) is 1. The van der Waals surface area contributed by atoms with Crippen molar-refractivity contribution in [2.24, 2.45) is 0 Å². The Labute approximate surface area is 204 Å². The van der Waals surface area contributed by atoms with Crippen LogP contribution in [0.4, 0.5) is 21.0 Å². The summed E-state index contributed by atoms with van der Waals surface area (Å²) >= 11 is 0. The molecule has 0 spiro atoms. The summed E-state index contributed by atoms with van der Waals surface area (Å²) in [5, 5.41) is 2.92. The number of aryl methyl sites for hydroxylation is 1. The van der Waals surface area contributed by atoms with Gasteiger partial charge in [-0.25, -0.2) is 14.5 Å². The largest absolute Gasteiger partial charge is 0.449 e. The fourth-order valence-electron chi connectivity index (χ4n) is 4.58.